The lowest BCUT2D eigenvalue weighted by Gasteiger charge is -2.18. The van der Waals surface area contributed by atoms with Gasteiger partial charge in [0.1, 0.15) is 0 Å². The standard InChI is InChI=1S/C20H23ClN2O4/c1-14-2-6-16(7-3-14)18(27-11-10-24)13-23-20(26)19(25)22-12-15-4-8-17(21)9-5-15/h2-9,18,24H,10-13H2,1H3,(H,22,25)(H,23,26). The van der Waals surface area contributed by atoms with Crippen LogP contribution in [0.4, 0.5) is 0 Å². The number of carbonyl (C=O) groups excluding carboxylic acids is 2. The first-order chi connectivity index (χ1) is 13.0. The van der Waals surface area contributed by atoms with Crippen molar-refractivity contribution in [1.82, 2.24) is 10.6 Å². The highest BCUT2D eigenvalue weighted by atomic mass is 35.5. The Morgan fingerprint density at radius 3 is 2.30 bits per heavy atom. The van der Waals surface area contributed by atoms with Crippen molar-refractivity contribution in [2.45, 2.75) is 19.6 Å². The van der Waals surface area contributed by atoms with Crippen molar-refractivity contribution in [3.63, 3.8) is 0 Å². The maximum Gasteiger partial charge on any atom is 0.309 e. The molecule has 6 nitrogen and oxygen atoms in total. The van der Waals surface area contributed by atoms with Crippen LogP contribution in [0.25, 0.3) is 0 Å². The largest absolute Gasteiger partial charge is 0.394 e. The van der Waals surface area contributed by atoms with E-state index in [1.54, 1.807) is 24.3 Å². The van der Waals surface area contributed by atoms with Crippen LogP contribution in [0.15, 0.2) is 48.5 Å². The van der Waals surface area contributed by atoms with E-state index in [9.17, 15) is 9.59 Å². The zero-order valence-corrected chi connectivity index (χ0v) is 15.8. The summed E-state index contributed by atoms with van der Waals surface area (Å²) in [6.07, 6.45) is -0.453. The molecule has 1 unspecified atom stereocenters. The number of halogens is 1. The Morgan fingerprint density at radius 1 is 1.04 bits per heavy atom. The highest BCUT2D eigenvalue weighted by Crippen LogP contribution is 2.17. The number of aliphatic hydroxyl groups excluding tert-OH is 1. The van der Waals surface area contributed by atoms with Crippen LogP contribution >= 0.6 is 11.6 Å². The summed E-state index contributed by atoms with van der Waals surface area (Å²) in [5, 5.41) is 14.7. The Kier molecular flexibility index (Phi) is 8.26. The summed E-state index contributed by atoms with van der Waals surface area (Å²) in [5.41, 5.74) is 2.80. The van der Waals surface area contributed by atoms with E-state index in [2.05, 4.69) is 10.6 Å². The topological polar surface area (TPSA) is 87.7 Å². The number of aryl methyl sites for hydroxylation is 1. The molecule has 7 heteroatoms. The van der Waals surface area contributed by atoms with Gasteiger partial charge in [-0.25, -0.2) is 0 Å². The van der Waals surface area contributed by atoms with Crippen LogP contribution in [0, 0.1) is 6.92 Å². The number of benzene rings is 2. The fourth-order valence-corrected chi connectivity index (χ4v) is 2.51. The van der Waals surface area contributed by atoms with E-state index in [4.69, 9.17) is 21.4 Å². The zero-order chi connectivity index (χ0) is 19.6. The minimum Gasteiger partial charge on any atom is -0.394 e. The normalized spacial score (nSPS) is 11.7. The lowest BCUT2D eigenvalue weighted by atomic mass is 10.1. The molecule has 0 bridgehead atoms. The van der Waals surface area contributed by atoms with Gasteiger partial charge in [-0.05, 0) is 30.2 Å². The molecular weight excluding hydrogens is 368 g/mol. The van der Waals surface area contributed by atoms with E-state index in [0.29, 0.717) is 5.02 Å². The maximum atomic E-state index is 12.0. The minimum absolute atomic E-state index is 0.121. The second-order valence-electron chi connectivity index (χ2n) is 6.01. The number of carbonyl (C=O) groups is 2. The molecule has 0 heterocycles. The van der Waals surface area contributed by atoms with Crippen molar-refractivity contribution in [3.05, 3.63) is 70.2 Å². The van der Waals surface area contributed by atoms with Crippen LogP contribution in [0.3, 0.4) is 0 Å². The van der Waals surface area contributed by atoms with Gasteiger partial charge < -0.3 is 20.5 Å². The van der Waals surface area contributed by atoms with Gasteiger partial charge in [-0.1, -0.05) is 53.6 Å². The Bertz CT molecular complexity index is 748. The summed E-state index contributed by atoms with van der Waals surface area (Å²) in [7, 11) is 0. The summed E-state index contributed by atoms with van der Waals surface area (Å²) in [4.78, 5) is 24.0. The lowest BCUT2D eigenvalue weighted by molar-refractivity contribution is -0.139. The molecule has 27 heavy (non-hydrogen) atoms. The predicted octanol–water partition coefficient (Wildman–Crippen LogP) is 2.13. The van der Waals surface area contributed by atoms with E-state index >= 15 is 0 Å². The van der Waals surface area contributed by atoms with Crippen molar-refractivity contribution in [1.29, 1.82) is 0 Å². The van der Waals surface area contributed by atoms with Crippen LogP contribution in [0.1, 0.15) is 22.8 Å². The van der Waals surface area contributed by atoms with Gasteiger partial charge >= 0.3 is 11.8 Å². The third kappa shape index (κ3) is 7.02. The first-order valence-electron chi connectivity index (χ1n) is 8.59. The molecule has 144 valence electrons. The average molecular weight is 391 g/mol. The summed E-state index contributed by atoms with van der Waals surface area (Å²) in [5.74, 6) is -1.47. The lowest BCUT2D eigenvalue weighted by Crippen LogP contribution is -2.41. The average Bonchev–Trinajstić information content (AvgIpc) is 2.68. The SMILES string of the molecule is Cc1ccc(C(CNC(=O)C(=O)NCc2ccc(Cl)cc2)OCCO)cc1. The van der Waals surface area contributed by atoms with Crippen molar-refractivity contribution >= 4 is 23.4 Å². The number of aliphatic hydroxyl groups is 1. The summed E-state index contributed by atoms with van der Waals surface area (Å²) < 4.78 is 5.58. The van der Waals surface area contributed by atoms with Crippen molar-refractivity contribution in [2.24, 2.45) is 0 Å². The van der Waals surface area contributed by atoms with Gasteiger partial charge in [-0.15, -0.1) is 0 Å². The van der Waals surface area contributed by atoms with Crippen molar-refractivity contribution < 1.29 is 19.4 Å². The Labute approximate surface area is 163 Å². The van der Waals surface area contributed by atoms with Gasteiger partial charge in [0.25, 0.3) is 0 Å². The number of rotatable bonds is 8. The fourth-order valence-electron chi connectivity index (χ4n) is 2.38. The Morgan fingerprint density at radius 2 is 1.67 bits per heavy atom. The smallest absolute Gasteiger partial charge is 0.309 e. The number of ether oxygens (including phenoxy) is 1. The molecule has 0 radical (unpaired) electrons. The van der Waals surface area contributed by atoms with Crippen LogP contribution in [-0.2, 0) is 20.9 Å². The molecular formula is C20H23ClN2O4. The van der Waals surface area contributed by atoms with E-state index in [-0.39, 0.29) is 26.3 Å². The molecule has 0 aliphatic heterocycles. The maximum absolute atomic E-state index is 12.0. The van der Waals surface area contributed by atoms with Crippen LogP contribution in [-0.4, -0.2) is 36.7 Å². The molecule has 2 amide bonds. The summed E-state index contributed by atoms with van der Waals surface area (Å²) >= 11 is 5.81. The van der Waals surface area contributed by atoms with E-state index in [0.717, 1.165) is 16.7 Å². The second kappa shape index (κ2) is 10.7. The molecule has 0 spiro atoms. The molecule has 2 rings (SSSR count). The highest BCUT2D eigenvalue weighted by Gasteiger charge is 2.17. The third-order valence-electron chi connectivity index (χ3n) is 3.88. The van der Waals surface area contributed by atoms with Crippen molar-refractivity contribution in [2.75, 3.05) is 19.8 Å². The van der Waals surface area contributed by atoms with Gasteiger partial charge in [0.15, 0.2) is 0 Å². The van der Waals surface area contributed by atoms with Crippen molar-refractivity contribution in [3.8, 4) is 0 Å². The number of hydrogen-bond acceptors (Lipinski definition) is 4. The van der Waals surface area contributed by atoms with Gasteiger partial charge in [0.05, 0.1) is 19.3 Å². The zero-order valence-electron chi connectivity index (χ0n) is 15.1. The monoisotopic (exact) mass is 390 g/mol. The number of hydrogen-bond donors (Lipinski definition) is 3. The molecule has 0 aliphatic rings. The number of amides is 2. The summed E-state index contributed by atoms with van der Waals surface area (Å²) in [6.45, 7) is 2.33. The van der Waals surface area contributed by atoms with E-state index in [1.165, 1.54) is 0 Å². The molecule has 2 aromatic rings. The van der Waals surface area contributed by atoms with Gasteiger partial charge in [0.2, 0.25) is 0 Å². The van der Waals surface area contributed by atoms with E-state index < -0.39 is 17.9 Å². The second-order valence-corrected chi connectivity index (χ2v) is 6.45. The fraction of sp³-hybridized carbons (Fsp3) is 0.300. The summed E-state index contributed by atoms with van der Waals surface area (Å²) in [6, 6.07) is 14.6. The van der Waals surface area contributed by atoms with Gasteiger partial charge in [0, 0.05) is 18.1 Å². The molecule has 0 fully saturated rings. The quantitative estimate of drug-likeness (QED) is 0.602. The molecule has 3 N–H and O–H groups in total. The molecule has 0 aliphatic carbocycles. The molecule has 0 saturated carbocycles. The highest BCUT2D eigenvalue weighted by molar-refractivity contribution is 6.35. The Hall–Kier alpha value is -2.41. The number of nitrogens with one attached hydrogen (secondary N) is 2. The molecule has 1 atom stereocenters. The first kappa shape index (κ1) is 20.9. The first-order valence-corrected chi connectivity index (χ1v) is 8.97. The van der Waals surface area contributed by atoms with Gasteiger partial charge in [-0.3, -0.25) is 9.59 Å². The Balaban J connectivity index is 1.86. The van der Waals surface area contributed by atoms with Gasteiger partial charge in [-0.2, -0.15) is 0 Å². The molecule has 0 aromatic heterocycles. The predicted molar refractivity (Wildman–Crippen MR) is 103 cm³/mol. The van der Waals surface area contributed by atoms with Crippen LogP contribution in [0.2, 0.25) is 5.02 Å². The third-order valence-corrected chi connectivity index (χ3v) is 4.13. The molecule has 2 aromatic carbocycles. The van der Waals surface area contributed by atoms with E-state index in [1.807, 2.05) is 31.2 Å². The van der Waals surface area contributed by atoms with Crippen LogP contribution < -0.4 is 10.6 Å². The van der Waals surface area contributed by atoms with Crippen LogP contribution in [0.5, 0.6) is 0 Å². The minimum atomic E-state index is -0.742. The molecule has 0 saturated heterocycles.